The van der Waals surface area contributed by atoms with Crippen molar-refractivity contribution >= 4 is 6.03 Å². The number of rotatable bonds is 5. The summed E-state index contributed by atoms with van der Waals surface area (Å²) in [4.78, 5) is 16.5. The number of pyridine rings is 1. The number of ether oxygens (including phenoxy) is 1. The van der Waals surface area contributed by atoms with Gasteiger partial charge in [-0.25, -0.2) is 9.78 Å². The van der Waals surface area contributed by atoms with E-state index in [-0.39, 0.29) is 18.2 Å². The van der Waals surface area contributed by atoms with Gasteiger partial charge in [-0.05, 0) is 38.7 Å². The van der Waals surface area contributed by atoms with Crippen LogP contribution in [0.15, 0.2) is 24.5 Å². The number of aromatic nitrogens is 3. The summed E-state index contributed by atoms with van der Waals surface area (Å²) in [5, 5.41) is 10.2. The van der Waals surface area contributed by atoms with Crippen molar-refractivity contribution in [3.8, 4) is 5.88 Å². The van der Waals surface area contributed by atoms with Crippen molar-refractivity contribution in [1.82, 2.24) is 25.4 Å². The average molecular weight is 343 g/mol. The van der Waals surface area contributed by atoms with E-state index in [9.17, 15) is 4.79 Å². The summed E-state index contributed by atoms with van der Waals surface area (Å²) in [6, 6.07) is 3.57. The van der Waals surface area contributed by atoms with E-state index in [0.29, 0.717) is 12.4 Å². The number of amides is 2. The Morgan fingerprint density at radius 3 is 2.96 bits per heavy atom. The van der Waals surface area contributed by atoms with E-state index in [1.165, 1.54) is 5.69 Å². The van der Waals surface area contributed by atoms with Crippen LogP contribution in [0.1, 0.15) is 49.6 Å². The van der Waals surface area contributed by atoms with Crippen LogP contribution in [0.3, 0.4) is 0 Å². The minimum Gasteiger partial charge on any atom is -0.475 e. The fraction of sp³-hybridized carbons (Fsp3) is 0.500. The van der Waals surface area contributed by atoms with Crippen molar-refractivity contribution < 1.29 is 9.53 Å². The van der Waals surface area contributed by atoms with E-state index < -0.39 is 0 Å². The number of nitrogens with zero attached hydrogens (tertiary/aromatic N) is 3. The van der Waals surface area contributed by atoms with Gasteiger partial charge in [0.25, 0.3) is 0 Å². The summed E-state index contributed by atoms with van der Waals surface area (Å²) >= 11 is 0. The molecule has 25 heavy (non-hydrogen) atoms. The normalized spacial score (nSPS) is 16.4. The van der Waals surface area contributed by atoms with Crippen molar-refractivity contribution in [3.05, 3.63) is 41.3 Å². The molecule has 1 aliphatic carbocycles. The van der Waals surface area contributed by atoms with Gasteiger partial charge in [0.1, 0.15) is 0 Å². The first-order chi connectivity index (χ1) is 12.0. The summed E-state index contributed by atoms with van der Waals surface area (Å²) < 4.78 is 7.41. The van der Waals surface area contributed by atoms with Crippen LogP contribution < -0.4 is 15.4 Å². The Bertz CT molecular complexity index is 724. The molecule has 0 bridgehead atoms. The fourth-order valence-electron chi connectivity index (χ4n) is 3.07. The molecule has 1 atom stereocenters. The van der Waals surface area contributed by atoms with Crippen molar-refractivity contribution in [1.29, 1.82) is 0 Å². The molecule has 0 saturated heterocycles. The predicted octanol–water partition coefficient (Wildman–Crippen LogP) is 2.48. The Balaban J connectivity index is 1.52. The molecule has 0 aliphatic heterocycles. The lowest BCUT2D eigenvalue weighted by Gasteiger charge is -2.24. The summed E-state index contributed by atoms with van der Waals surface area (Å²) in [5.74, 6) is 0.592. The second-order valence-corrected chi connectivity index (χ2v) is 6.61. The Kier molecular flexibility index (Phi) is 5.21. The summed E-state index contributed by atoms with van der Waals surface area (Å²) in [7, 11) is 1.95. The first kappa shape index (κ1) is 17.3. The topological polar surface area (TPSA) is 81.1 Å². The quantitative estimate of drug-likeness (QED) is 0.874. The van der Waals surface area contributed by atoms with Crippen molar-refractivity contribution in [3.63, 3.8) is 0 Å². The largest absolute Gasteiger partial charge is 0.475 e. The van der Waals surface area contributed by atoms with Crippen LogP contribution in [0.2, 0.25) is 0 Å². The summed E-state index contributed by atoms with van der Waals surface area (Å²) in [6.45, 7) is 4.34. The van der Waals surface area contributed by atoms with Gasteiger partial charge in [0.2, 0.25) is 5.88 Å². The van der Waals surface area contributed by atoms with Gasteiger partial charge in [0, 0.05) is 37.1 Å². The van der Waals surface area contributed by atoms with E-state index in [4.69, 9.17) is 4.74 Å². The Morgan fingerprint density at radius 1 is 1.40 bits per heavy atom. The van der Waals surface area contributed by atoms with Crippen LogP contribution in [0.25, 0.3) is 0 Å². The zero-order valence-electron chi connectivity index (χ0n) is 15.0. The van der Waals surface area contributed by atoms with Crippen LogP contribution in [0.4, 0.5) is 4.79 Å². The molecule has 7 nitrogen and oxygen atoms in total. The number of nitrogens with one attached hydrogen (secondary N) is 2. The molecule has 0 radical (unpaired) electrons. The Morgan fingerprint density at radius 2 is 2.24 bits per heavy atom. The van der Waals surface area contributed by atoms with E-state index in [0.717, 1.165) is 30.4 Å². The van der Waals surface area contributed by atoms with Gasteiger partial charge in [-0.3, -0.25) is 4.68 Å². The van der Waals surface area contributed by atoms with Gasteiger partial charge in [0.05, 0.1) is 18.3 Å². The maximum Gasteiger partial charge on any atom is 0.315 e. The smallest absolute Gasteiger partial charge is 0.315 e. The van der Waals surface area contributed by atoms with Crippen LogP contribution in [0.5, 0.6) is 5.88 Å². The average Bonchev–Trinajstić information content (AvgIpc) is 2.96. The third kappa shape index (κ3) is 4.29. The first-order valence-electron chi connectivity index (χ1n) is 8.69. The number of aryl methyl sites for hydroxylation is 1. The van der Waals surface area contributed by atoms with Crippen LogP contribution in [-0.2, 0) is 20.0 Å². The minimum atomic E-state index is -0.177. The van der Waals surface area contributed by atoms with Crippen molar-refractivity contribution in [2.24, 2.45) is 7.05 Å². The molecule has 2 amide bonds. The summed E-state index contributed by atoms with van der Waals surface area (Å²) in [5.41, 5.74) is 3.26. The van der Waals surface area contributed by atoms with Crippen molar-refractivity contribution in [2.75, 3.05) is 0 Å². The number of hydrogen-bond donors (Lipinski definition) is 2. The molecule has 1 aliphatic rings. The van der Waals surface area contributed by atoms with E-state index >= 15 is 0 Å². The van der Waals surface area contributed by atoms with E-state index in [1.807, 2.05) is 43.9 Å². The molecule has 2 heterocycles. The molecule has 7 heteroatoms. The highest BCUT2D eigenvalue weighted by atomic mass is 16.5. The fourth-order valence-corrected chi connectivity index (χ4v) is 3.07. The third-order valence-electron chi connectivity index (χ3n) is 4.29. The van der Waals surface area contributed by atoms with Gasteiger partial charge in [-0.15, -0.1) is 0 Å². The maximum absolute atomic E-state index is 12.2. The van der Waals surface area contributed by atoms with E-state index in [1.54, 1.807) is 6.20 Å². The lowest BCUT2D eigenvalue weighted by Crippen LogP contribution is -2.38. The highest BCUT2D eigenvalue weighted by Gasteiger charge is 2.24. The monoisotopic (exact) mass is 343 g/mol. The number of carbonyl (C=O) groups is 1. The van der Waals surface area contributed by atoms with Crippen LogP contribution in [-0.4, -0.2) is 26.9 Å². The number of fused-ring (bicyclic) bond motifs is 1. The SMILES string of the molecule is CC(C)Oc1ccc(CNC(=O)N[C@H]2CCCc3c2cnn3C)cn1. The molecule has 0 unspecified atom stereocenters. The van der Waals surface area contributed by atoms with Crippen LogP contribution >= 0.6 is 0 Å². The third-order valence-corrected chi connectivity index (χ3v) is 4.29. The zero-order chi connectivity index (χ0) is 17.8. The molecule has 0 saturated carbocycles. The Labute approximate surface area is 147 Å². The van der Waals surface area contributed by atoms with Gasteiger partial charge in [0.15, 0.2) is 0 Å². The molecule has 2 N–H and O–H groups in total. The zero-order valence-corrected chi connectivity index (χ0v) is 15.0. The molecular weight excluding hydrogens is 318 g/mol. The molecule has 0 fully saturated rings. The lowest BCUT2D eigenvalue weighted by molar-refractivity contribution is 0.232. The van der Waals surface area contributed by atoms with Gasteiger partial charge in [-0.1, -0.05) is 6.07 Å². The molecular formula is C18H25N5O2. The lowest BCUT2D eigenvalue weighted by atomic mass is 9.93. The maximum atomic E-state index is 12.2. The highest BCUT2D eigenvalue weighted by molar-refractivity contribution is 5.74. The highest BCUT2D eigenvalue weighted by Crippen LogP contribution is 2.28. The molecule has 3 rings (SSSR count). The molecule has 134 valence electrons. The molecule has 2 aromatic rings. The molecule has 0 spiro atoms. The van der Waals surface area contributed by atoms with Gasteiger partial charge in [-0.2, -0.15) is 5.10 Å². The number of hydrogen-bond acceptors (Lipinski definition) is 4. The summed E-state index contributed by atoms with van der Waals surface area (Å²) in [6.07, 6.45) is 6.68. The number of carbonyl (C=O) groups excluding carboxylic acids is 1. The van der Waals surface area contributed by atoms with Crippen LogP contribution in [0, 0.1) is 0 Å². The number of urea groups is 1. The first-order valence-corrected chi connectivity index (χ1v) is 8.69. The minimum absolute atomic E-state index is 0.0254. The van der Waals surface area contributed by atoms with Gasteiger partial charge < -0.3 is 15.4 Å². The second kappa shape index (κ2) is 7.55. The van der Waals surface area contributed by atoms with Gasteiger partial charge >= 0.3 is 6.03 Å². The molecule has 2 aromatic heterocycles. The standard InChI is InChI=1S/C18H25N5O2/c1-12(2)25-17-8-7-13(9-19-17)10-20-18(24)22-15-5-4-6-16-14(15)11-21-23(16)3/h7-9,11-12,15H,4-6,10H2,1-3H3,(H2,20,22,24)/t15-/m0/s1. The van der Waals surface area contributed by atoms with E-state index in [2.05, 4.69) is 20.7 Å². The Hall–Kier alpha value is -2.57. The molecule has 0 aromatic carbocycles. The predicted molar refractivity (Wildman–Crippen MR) is 94.3 cm³/mol. The van der Waals surface area contributed by atoms with Crippen molar-refractivity contribution in [2.45, 2.75) is 51.8 Å². The second-order valence-electron chi connectivity index (χ2n) is 6.61.